The summed E-state index contributed by atoms with van der Waals surface area (Å²) in [5, 5.41) is 0. The molecule has 0 aliphatic carbocycles. The zero-order valence-electron chi connectivity index (χ0n) is 11.1. The lowest BCUT2D eigenvalue weighted by molar-refractivity contribution is 0.102. The van der Waals surface area contributed by atoms with Crippen molar-refractivity contribution in [1.29, 1.82) is 0 Å². The predicted molar refractivity (Wildman–Crippen MR) is 92.7 cm³/mol. The van der Waals surface area contributed by atoms with Crippen LogP contribution in [0.1, 0.15) is 21.5 Å². The SMILES string of the molecule is Cc1ccccc1CS(=O)(=O)CC(=O)c1cc(Br)sc1Br. The summed E-state index contributed by atoms with van der Waals surface area (Å²) in [6, 6.07) is 8.93. The third-order valence-electron chi connectivity index (χ3n) is 2.94. The molecule has 3 nitrogen and oxygen atoms in total. The molecule has 1 aromatic carbocycles. The number of aryl methyl sites for hydroxylation is 1. The quantitative estimate of drug-likeness (QED) is 0.633. The number of hydrogen-bond donors (Lipinski definition) is 0. The van der Waals surface area contributed by atoms with Crippen molar-refractivity contribution in [2.45, 2.75) is 12.7 Å². The normalized spacial score (nSPS) is 11.6. The Morgan fingerprint density at radius 1 is 1.24 bits per heavy atom. The molecule has 1 aromatic heterocycles. The summed E-state index contributed by atoms with van der Waals surface area (Å²) in [6.45, 7) is 1.86. The predicted octanol–water partition coefficient (Wildman–Crippen LogP) is 4.38. The Morgan fingerprint density at radius 3 is 2.48 bits per heavy atom. The van der Waals surface area contributed by atoms with E-state index < -0.39 is 21.4 Å². The van der Waals surface area contributed by atoms with Crippen LogP contribution in [0.15, 0.2) is 37.9 Å². The minimum absolute atomic E-state index is 0.117. The molecule has 0 saturated carbocycles. The summed E-state index contributed by atoms with van der Waals surface area (Å²) < 4.78 is 25.8. The molecule has 2 rings (SSSR count). The number of halogens is 2. The molecule has 0 fully saturated rings. The van der Waals surface area contributed by atoms with Crippen LogP contribution >= 0.6 is 43.2 Å². The third-order valence-corrected chi connectivity index (χ3v) is 6.74. The fraction of sp³-hybridized carbons (Fsp3) is 0.214. The van der Waals surface area contributed by atoms with Gasteiger partial charge >= 0.3 is 0 Å². The van der Waals surface area contributed by atoms with Crippen molar-refractivity contribution in [3.63, 3.8) is 0 Å². The van der Waals surface area contributed by atoms with Crippen molar-refractivity contribution in [3.05, 3.63) is 54.6 Å². The van der Waals surface area contributed by atoms with Crippen molar-refractivity contribution in [2.75, 3.05) is 5.75 Å². The molecule has 112 valence electrons. The van der Waals surface area contributed by atoms with Gasteiger partial charge in [0.1, 0.15) is 5.75 Å². The van der Waals surface area contributed by atoms with Gasteiger partial charge in [0.15, 0.2) is 15.6 Å². The maximum atomic E-state index is 12.2. The van der Waals surface area contributed by atoms with Gasteiger partial charge in [0.2, 0.25) is 0 Å². The average Bonchev–Trinajstić information content (AvgIpc) is 2.70. The Labute approximate surface area is 144 Å². The molecule has 0 aliphatic rings. The van der Waals surface area contributed by atoms with Crippen LogP contribution in [0.2, 0.25) is 0 Å². The molecule has 0 spiro atoms. The van der Waals surface area contributed by atoms with Gasteiger partial charge in [0.25, 0.3) is 0 Å². The number of rotatable bonds is 5. The van der Waals surface area contributed by atoms with E-state index in [-0.39, 0.29) is 5.75 Å². The van der Waals surface area contributed by atoms with E-state index in [0.717, 1.165) is 14.9 Å². The minimum Gasteiger partial charge on any atom is -0.293 e. The number of thiophene rings is 1. The monoisotopic (exact) mass is 450 g/mol. The van der Waals surface area contributed by atoms with E-state index in [9.17, 15) is 13.2 Å². The highest BCUT2D eigenvalue weighted by Gasteiger charge is 2.22. The Morgan fingerprint density at radius 2 is 1.90 bits per heavy atom. The van der Waals surface area contributed by atoms with Gasteiger partial charge in [-0.15, -0.1) is 11.3 Å². The first kappa shape index (κ1) is 16.9. The second-order valence-electron chi connectivity index (χ2n) is 4.62. The Hall–Kier alpha value is -0.500. The molecule has 0 saturated heterocycles. The maximum absolute atomic E-state index is 12.2. The van der Waals surface area contributed by atoms with Crippen molar-refractivity contribution in [3.8, 4) is 0 Å². The molecular formula is C14H12Br2O3S2. The molecule has 0 N–H and O–H groups in total. The zero-order chi connectivity index (χ0) is 15.6. The fourth-order valence-corrected chi connectivity index (χ4v) is 6.18. The average molecular weight is 452 g/mol. The molecule has 0 bridgehead atoms. The van der Waals surface area contributed by atoms with Crippen LogP contribution in [0.25, 0.3) is 0 Å². The van der Waals surface area contributed by atoms with Crippen molar-refractivity contribution in [2.24, 2.45) is 0 Å². The van der Waals surface area contributed by atoms with E-state index in [2.05, 4.69) is 31.9 Å². The highest BCUT2D eigenvalue weighted by molar-refractivity contribution is 9.12. The van der Waals surface area contributed by atoms with Gasteiger partial charge in [0.05, 0.1) is 13.3 Å². The standard InChI is InChI=1S/C14H12Br2O3S2/c1-9-4-2-3-5-10(9)7-21(18,19)8-12(17)11-6-13(15)20-14(11)16/h2-6H,7-8H2,1H3. The van der Waals surface area contributed by atoms with E-state index >= 15 is 0 Å². The summed E-state index contributed by atoms with van der Waals surface area (Å²) in [5.41, 5.74) is 2.05. The molecule has 0 radical (unpaired) electrons. The number of Topliss-reactive ketones (excluding diaryl/α,β-unsaturated/α-hetero) is 1. The van der Waals surface area contributed by atoms with E-state index in [1.165, 1.54) is 11.3 Å². The number of carbonyl (C=O) groups excluding carboxylic acids is 1. The van der Waals surface area contributed by atoms with Crippen molar-refractivity contribution in [1.82, 2.24) is 0 Å². The molecule has 0 atom stereocenters. The van der Waals surface area contributed by atoms with Crippen LogP contribution in [0.5, 0.6) is 0 Å². The number of hydrogen-bond acceptors (Lipinski definition) is 4. The maximum Gasteiger partial charge on any atom is 0.179 e. The smallest absolute Gasteiger partial charge is 0.179 e. The van der Waals surface area contributed by atoms with Gasteiger partial charge < -0.3 is 0 Å². The van der Waals surface area contributed by atoms with Crippen LogP contribution in [-0.2, 0) is 15.6 Å². The summed E-state index contributed by atoms with van der Waals surface area (Å²) >= 11 is 7.91. The molecule has 2 aromatic rings. The van der Waals surface area contributed by atoms with Crippen molar-refractivity contribution < 1.29 is 13.2 Å². The van der Waals surface area contributed by atoms with Crippen LogP contribution in [0.4, 0.5) is 0 Å². The van der Waals surface area contributed by atoms with E-state index in [1.807, 2.05) is 19.1 Å². The molecular weight excluding hydrogens is 440 g/mol. The summed E-state index contributed by atoms with van der Waals surface area (Å²) in [5.74, 6) is -0.991. The van der Waals surface area contributed by atoms with Crippen molar-refractivity contribution >= 4 is 58.8 Å². The first-order chi connectivity index (χ1) is 9.78. The largest absolute Gasteiger partial charge is 0.293 e. The van der Waals surface area contributed by atoms with Gasteiger partial charge in [0, 0.05) is 5.56 Å². The molecule has 0 unspecified atom stereocenters. The van der Waals surface area contributed by atoms with Gasteiger partial charge in [-0.3, -0.25) is 4.79 Å². The molecule has 0 amide bonds. The van der Waals surface area contributed by atoms with Crippen LogP contribution < -0.4 is 0 Å². The number of benzene rings is 1. The Bertz CT molecular complexity index is 779. The first-order valence-electron chi connectivity index (χ1n) is 6.01. The third kappa shape index (κ3) is 4.48. The van der Waals surface area contributed by atoms with Gasteiger partial charge in [-0.25, -0.2) is 8.42 Å². The summed E-state index contributed by atoms with van der Waals surface area (Å²) in [4.78, 5) is 12.1. The van der Waals surface area contributed by atoms with Gasteiger partial charge in [-0.2, -0.15) is 0 Å². The highest BCUT2D eigenvalue weighted by Crippen LogP contribution is 2.32. The van der Waals surface area contributed by atoms with E-state index in [1.54, 1.807) is 18.2 Å². The van der Waals surface area contributed by atoms with Crippen LogP contribution in [0, 0.1) is 6.92 Å². The second kappa shape index (κ2) is 6.73. The number of sulfone groups is 1. The minimum atomic E-state index is -3.49. The Kier molecular flexibility index (Phi) is 5.40. The lowest BCUT2D eigenvalue weighted by Crippen LogP contribution is -2.18. The lowest BCUT2D eigenvalue weighted by Gasteiger charge is -2.06. The first-order valence-corrected chi connectivity index (χ1v) is 10.2. The summed E-state index contributed by atoms with van der Waals surface area (Å²) in [7, 11) is -3.49. The molecule has 0 aliphatic heterocycles. The zero-order valence-corrected chi connectivity index (χ0v) is 15.9. The topological polar surface area (TPSA) is 51.2 Å². The Balaban J connectivity index is 2.16. The molecule has 7 heteroatoms. The number of carbonyl (C=O) groups is 1. The molecule has 21 heavy (non-hydrogen) atoms. The van der Waals surface area contributed by atoms with Crippen LogP contribution in [-0.4, -0.2) is 20.0 Å². The summed E-state index contributed by atoms with van der Waals surface area (Å²) in [6.07, 6.45) is 0. The fourth-order valence-electron chi connectivity index (χ4n) is 1.87. The molecule has 1 heterocycles. The van der Waals surface area contributed by atoms with Gasteiger partial charge in [-0.1, -0.05) is 24.3 Å². The van der Waals surface area contributed by atoms with E-state index in [0.29, 0.717) is 9.35 Å². The lowest BCUT2D eigenvalue weighted by atomic mass is 10.1. The van der Waals surface area contributed by atoms with E-state index in [4.69, 9.17) is 0 Å². The second-order valence-corrected chi connectivity index (χ2v) is 10.4. The number of ketones is 1. The highest BCUT2D eigenvalue weighted by atomic mass is 79.9. The van der Waals surface area contributed by atoms with Gasteiger partial charge in [-0.05, 0) is 56.0 Å². The van der Waals surface area contributed by atoms with Crippen LogP contribution in [0.3, 0.4) is 0 Å².